The third-order valence-corrected chi connectivity index (χ3v) is 4.61. The Morgan fingerprint density at radius 3 is 3.05 bits per heavy atom. The first-order chi connectivity index (χ1) is 9.22. The highest BCUT2D eigenvalue weighted by Crippen LogP contribution is 2.30. The Kier molecular flexibility index (Phi) is 2.53. The number of H-pyrrole nitrogens is 1. The van der Waals surface area contributed by atoms with Crippen LogP contribution in [0.25, 0.3) is 5.52 Å². The van der Waals surface area contributed by atoms with Gasteiger partial charge in [-0.1, -0.05) is 15.9 Å². The number of rotatable bonds is 1. The monoisotopic (exact) mass is 320 g/mol. The minimum atomic E-state index is -0.00213. The van der Waals surface area contributed by atoms with E-state index in [4.69, 9.17) is 0 Å². The number of pyridine rings is 1. The molecule has 0 radical (unpaired) electrons. The van der Waals surface area contributed by atoms with Gasteiger partial charge in [0.25, 0.3) is 5.52 Å². The molecule has 0 saturated heterocycles. The number of aromatic nitrogens is 2. The molecule has 19 heavy (non-hydrogen) atoms. The second-order valence-electron chi connectivity index (χ2n) is 5.43. The summed E-state index contributed by atoms with van der Waals surface area (Å²) in [5, 5.41) is 0. The third kappa shape index (κ3) is 1.92. The molecule has 0 bridgehead atoms. The second-order valence-corrected chi connectivity index (χ2v) is 6.35. The molecule has 1 aliphatic heterocycles. The average Bonchev–Trinajstić information content (AvgIpc) is 3.23. The molecule has 98 valence electrons. The van der Waals surface area contributed by atoms with Gasteiger partial charge < -0.3 is 4.98 Å². The molecule has 0 amide bonds. The number of hydrogen-bond donors (Lipinski definition) is 1. The molecule has 1 saturated carbocycles. The number of aromatic amines is 1. The number of hydrogen-bond acceptors (Lipinski definition) is 2. The van der Waals surface area contributed by atoms with Gasteiger partial charge in [-0.2, -0.15) is 4.40 Å². The number of nitrogens with one attached hydrogen (secondary N) is 1. The van der Waals surface area contributed by atoms with E-state index in [9.17, 15) is 4.79 Å². The van der Waals surface area contributed by atoms with E-state index in [1.807, 2.05) is 22.7 Å². The maximum Gasteiger partial charge on any atom is 0.320 e. The van der Waals surface area contributed by atoms with Crippen molar-refractivity contribution < 1.29 is 4.40 Å². The molecule has 2 aromatic heterocycles. The standard InChI is InChI=1S/C14H14BrN3O/c15-9-3-6-18-12-4-5-17(10-1-2-10)8-11(12)16-14(19)13(18)7-9/h3,6-7,10H,1-2,4-5,8H2/p+1. The summed E-state index contributed by atoms with van der Waals surface area (Å²) in [6.45, 7) is 1.98. The first kappa shape index (κ1) is 11.6. The molecule has 0 spiro atoms. The SMILES string of the molecule is O=c1[nH]c2c([n+]3ccc(Br)cc13)CCN(C1CC1)C2. The lowest BCUT2D eigenvalue weighted by Crippen LogP contribution is -2.43. The quantitative estimate of drug-likeness (QED) is 0.807. The summed E-state index contributed by atoms with van der Waals surface area (Å²) in [7, 11) is 0. The first-order valence-corrected chi connectivity index (χ1v) is 7.51. The lowest BCUT2D eigenvalue weighted by atomic mass is 10.1. The summed E-state index contributed by atoms with van der Waals surface area (Å²) in [4.78, 5) is 17.7. The fourth-order valence-corrected chi connectivity index (χ4v) is 3.32. The molecule has 4 nitrogen and oxygen atoms in total. The van der Waals surface area contributed by atoms with Crippen LogP contribution in [0.1, 0.15) is 24.2 Å². The Balaban J connectivity index is 1.89. The van der Waals surface area contributed by atoms with Crippen LogP contribution in [-0.2, 0) is 13.0 Å². The second kappa shape index (κ2) is 4.15. The van der Waals surface area contributed by atoms with Crippen molar-refractivity contribution >= 4 is 21.4 Å². The Labute approximate surface area is 119 Å². The highest BCUT2D eigenvalue weighted by Gasteiger charge is 2.34. The molecule has 2 aliphatic rings. The molecular weight excluding hydrogens is 306 g/mol. The molecule has 4 rings (SSSR count). The Morgan fingerprint density at radius 1 is 1.42 bits per heavy atom. The van der Waals surface area contributed by atoms with Gasteiger partial charge in [0.15, 0.2) is 6.20 Å². The average molecular weight is 321 g/mol. The van der Waals surface area contributed by atoms with Crippen molar-refractivity contribution in [2.24, 2.45) is 0 Å². The lowest BCUT2D eigenvalue weighted by molar-refractivity contribution is -0.524. The zero-order chi connectivity index (χ0) is 13.0. The van der Waals surface area contributed by atoms with Gasteiger partial charge in [-0.05, 0) is 12.8 Å². The number of halogens is 1. The first-order valence-electron chi connectivity index (χ1n) is 6.71. The Morgan fingerprint density at radius 2 is 2.26 bits per heavy atom. The van der Waals surface area contributed by atoms with Crippen molar-refractivity contribution in [3.05, 3.63) is 44.5 Å². The van der Waals surface area contributed by atoms with Gasteiger partial charge in [0.05, 0.1) is 0 Å². The van der Waals surface area contributed by atoms with E-state index in [1.54, 1.807) is 0 Å². The van der Waals surface area contributed by atoms with Crippen molar-refractivity contribution in [1.82, 2.24) is 9.88 Å². The summed E-state index contributed by atoms with van der Waals surface area (Å²) in [5.74, 6) is 0. The molecule has 1 N–H and O–H groups in total. The molecule has 1 aliphatic carbocycles. The summed E-state index contributed by atoms with van der Waals surface area (Å²) in [6, 6.07) is 4.62. The van der Waals surface area contributed by atoms with Crippen LogP contribution in [0.4, 0.5) is 0 Å². The van der Waals surface area contributed by atoms with Crippen molar-refractivity contribution in [1.29, 1.82) is 0 Å². The summed E-state index contributed by atoms with van der Waals surface area (Å²) in [6.07, 6.45) is 5.62. The van der Waals surface area contributed by atoms with Crippen molar-refractivity contribution in [3.63, 3.8) is 0 Å². The third-order valence-electron chi connectivity index (χ3n) is 4.11. The van der Waals surface area contributed by atoms with Crippen LogP contribution in [0.15, 0.2) is 27.6 Å². The van der Waals surface area contributed by atoms with Crippen LogP contribution in [0.2, 0.25) is 0 Å². The largest absolute Gasteiger partial charge is 0.320 e. The predicted molar refractivity (Wildman–Crippen MR) is 75.1 cm³/mol. The lowest BCUT2D eigenvalue weighted by Gasteiger charge is -2.25. The van der Waals surface area contributed by atoms with E-state index < -0.39 is 0 Å². The molecule has 0 aromatic carbocycles. The van der Waals surface area contributed by atoms with Gasteiger partial charge in [-0.3, -0.25) is 9.69 Å². The molecule has 0 unspecified atom stereocenters. The summed E-state index contributed by atoms with van der Waals surface area (Å²) in [5.41, 5.74) is 3.05. The Bertz CT molecular complexity index is 720. The van der Waals surface area contributed by atoms with Crippen molar-refractivity contribution in [2.75, 3.05) is 6.54 Å². The van der Waals surface area contributed by atoms with Crippen LogP contribution >= 0.6 is 15.9 Å². The van der Waals surface area contributed by atoms with E-state index in [1.165, 1.54) is 18.5 Å². The van der Waals surface area contributed by atoms with Gasteiger partial charge in [-0.25, -0.2) is 0 Å². The van der Waals surface area contributed by atoms with Gasteiger partial charge >= 0.3 is 5.56 Å². The van der Waals surface area contributed by atoms with Crippen LogP contribution < -0.4 is 9.96 Å². The zero-order valence-corrected chi connectivity index (χ0v) is 12.1. The normalized spacial score (nSPS) is 19.6. The molecule has 2 aromatic rings. The van der Waals surface area contributed by atoms with E-state index in [0.717, 1.165) is 35.7 Å². The van der Waals surface area contributed by atoms with Crippen molar-refractivity contribution in [2.45, 2.75) is 31.8 Å². The van der Waals surface area contributed by atoms with E-state index in [2.05, 4.69) is 25.8 Å². The smallest absolute Gasteiger partial charge is 0.314 e. The molecule has 1 fully saturated rings. The summed E-state index contributed by atoms with van der Waals surface area (Å²) >= 11 is 3.43. The highest BCUT2D eigenvalue weighted by atomic mass is 79.9. The van der Waals surface area contributed by atoms with Crippen LogP contribution in [0, 0.1) is 0 Å². The maximum atomic E-state index is 12.2. The van der Waals surface area contributed by atoms with Gasteiger partial charge in [0, 0.05) is 42.2 Å². The molecule has 0 atom stereocenters. The minimum absolute atomic E-state index is 0.00213. The summed E-state index contributed by atoms with van der Waals surface area (Å²) < 4.78 is 2.98. The molecule has 5 heteroatoms. The van der Waals surface area contributed by atoms with Crippen LogP contribution in [0.3, 0.4) is 0 Å². The van der Waals surface area contributed by atoms with E-state index in [0.29, 0.717) is 5.52 Å². The fraction of sp³-hybridized carbons (Fsp3) is 0.429. The number of nitrogens with zero attached hydrogens (tertiary/aromatic N) is 2. The van der Waals surface area contributed by atoms with Gasteiger partial charge in [-0.15, -0.1) is 0 Å². The molecular formula is C14H15BrN3O+. The molecule has 3 heterocycles. The number of fused-ring (bicyclic) bond motifs is 3. The predicted octanol–water partition coefficient (Wildman–Crippen LogP) is 1.40. The van der Waals surface area contributed by atoms with E-state index >= 15 is 0 Å². The van der Waals surface area contributed by atoms with Gasteiger partial charge in [0.2, 0.25) is 5.69 Å². The minimum Gasteiger partial charge on any atom is -0.314 e. The van der Waals surface area contributed by atoms with E-state index in [-0.39, 0.29) is 5.56 Å². The maximum absolute atomic E-state index is 12.2. The van der Waals surface area contributed by atoms with Crippen molar-refractivity contribution in [3.8, 4) is 0 Å². The zero-order valence-electron chi connectivity index (χ0n) is 10.5. The van der Waals surface area contributed by atoms with Gasteiger partial charge in [0.1, 0.15) is 5.69 Å². The Hall–Kier alpha value is -1.20. The highest BCUT2D eigenvalue weighted by molar-refractivity contribution is 9.10. The topological polar surface area (TPSA) is 40.2 Å². The fourth-order valence-electron chi connectivity index (χ4n) is 2.99. The van der Waals surface area contributed by atoms with Crippen LogP contribution in [0.5, 0.6) is 0 Å². The van der Waals surface area contributed by atoms with Crippen LogP contribution in [-0.4, -0.2) is 22.5 Å².